The molecule has 182 valence electrons. The van der Waals surface area contributed by atoms with Crippen LogP contribution in [0.5, 0.6) is 0 Å². The lowest BCUT2D eigenvalue weighted by Gasteiger charge is -2.15. The van der Waals surface area contributed by atoms with Crippen LogP contribution in [0.1, 0.15) is 12.5 Å². The minimum absolute atomic E-state index is 0.741. The monoisotopic (exact) mass is 488 g/mol. The molecule has 0 aliphatic heterocycles. The molecule has 0 aromatic heterocycles. The Morgan fingerprint density at radius 1 is 0.579 bits per heavy atom. The van der Waals surface area contributed by atoms with Crippen LogP contribution in [0.4, 0.5) is 17.1 Å². The summed E-state index contributed by atoms with van der Waals surface area (Å²) in [7, 11) is 0. The molecule has 0 spiro atoms. The Kier molecular flexibility index (Phi) is 5.26. The molecule has 0 saturated heterocycles. The Hall–Kier alpha value is -4.82. The number of hydrogen-bond acceptors (Lipinski definition) is 2. The van der Waals surface area contributed by atoms with Crippen molar-refractivity contribution >= 4 is 27.8 Å². The highest BCUT2D eigenvalue weighted by molar-refractivity contribution is 6.18. The molecule has 2 heteroatoms. The Morgan fingerprint density at radius 2 is 1.34 bits per heavy atom. The third-order valence-electron chi connectivity index (χ3n) is 7.75. The molecule has 0 fully saturated rings. The first kappa shape index (κ1) is 22.4. The molecule has 0 unspecified atom stereocenters. The first-order valence-electron chi connectivity index (χ1n) is 13.2. The van der Waals surface area contributed by atoms with Crippen LogP contribution in [0.3, 0.4) is 0 Å². The number of hydrogen-bond donors (Lipinski definition) is 2. The van der Waals surface area contributed by atoms with Crippen LogP contribution >= 0.6 is 0 Å². The summed E-state index contributed by atoms with van der Waals surface area (Å²) in [6, 6.07) is 43.3. The molecule has 1 aliphatic rings. The molecule has 6 aromatic carbocycles. The van der Waals surface area contributed by atoms with Gasteiger partial charge in [0, 0.05) is 5.69 Å². The van der Waals surface area contributed by atoms with Gasteiger partial charge in [-0.15, -0.1) is 0 Å². The maximum atomic E-state index is 6.11. The molecule has 0 heterocycles. The Balaban J connectivity index is 1.31. The lowest BCUT2D eigenvalue weighted by molar-refractivity contribution is 1.15. The molecule has 7 rings (SSSR count). The van der Waals surface area contributed by atoms with Crippen molar-refractivity contribution in [3.63, 3.8) is 0 Å². The summed E-state index contributed by atoms with van der Waals surface area (Å²) >= 11 is 0. The quantitative estimate of drug-likeness (QED) is 0.237. The summed E-state index contributed by atoms with van der Waals surface area (Å²) < 4.78 is 0. The van der Waals surface area contributed by atoms with Gasteiger partial charge in [-0.1, -0.05) is 91.9 Å². The molecule has 38 heavy (non-hydrogen) atoms. The van der Waals surface area contributed by atoms with Crippen molar-refractivity contribution in [2.24, 2.45) is 0 Å². The van der Waals surface area contributed by atoms with E-state index in [1.807, 2.05) is 24.3 Å². The maximum Gasteiger partial charge on any atom is 0.0617 e. The van der Waals surface area contributed by atoms with E-state index in [0.29, 0.717) is 0 Å². The highest BCUT2D eigenvalue weighted by Crippen LogP contribution is 2.52. The lowest BCUT2D eigenvalue weighted by Crippen LogP contribution is -1.95. The SMILES string of the molecule is CCc1c(-c2ccccc2)cc2cccc3c2c1-c1ccc(-c2ccc(Nc4ccccc4N)cc2)cc1-3. The van der Waals surface area contributed by atoms with Crippen LogP contribution in [0.2, 0.25) is 0 Å². The fourth-order valence-electron chi connectivity index (χ4n) is 5.94. The summed E-state index contributed by atoms with van der Waals surface area (Å²) in [6.07, 6.45) is 0.991. The fraction of sp³-hybridized carbons (Fsp3) is 0.0556. The zero-order valence-corrected chi connectivity index (χ0v) is 21.3. The fourth-order valence-corrected chi connectivity index (χ4v) is 5.94. The van der Waals surface area contributed by atoms with Crippen LogP contribution in [-0.2, 0) is 6.42 Å². The smallest absolute Gasteiger partial charge is 0.0617 e. The average Bonchev–Trinajstić information content (AvgIpc) is 3.30. The largest absolute Gasteiger partial charge is 0.397 e. The third-order valence-corrected chi connectivity index (χ3v) is 7.75. The van der Waals surface area contributed by atoms with Crippen molar-refractivity contribution in [1.82, 2.24) is 0 Å². The van der Waals surface area contributed by atoms with Gasteiger partial charge >= 0.3 is 0 Å². The van der Waals surface area contributed by atoms with E-state index >= 15 is 0 Å². The number of nitrogen functional groups attached to an aromatic ring is 1. The van der Waals surface area contributed by atoms with Gasteiger partial charge in [-0.25, -0.2) is 0 Å². The van der Waals surface area contributed by atoms with Crippen LogP contribution in [0.25, 0.3) is 55.3 Å². The maximum absolute atomic E-state index is 6.11. The highest BCUT2D eigenvalue weighted by Gasteiger charge is 2.26. The van der Waals surface area contributed by atoms with Gasteiger partial charge < -0.3 is 11.1 Å². The van der Waals surface area contributed by atoms with E-state index in [2.05, 4.69) is 109 Å². The predicted octanol–water partition coefficient (Wildman–Crippen LogP) is 9.71. The number of fused-ring (bicyclic) bond motifs is 3. The zero-order chi connectivity index (χ0) is 25.6. The highest BCUT2D eigenvalue weighted by atomic mass is 14.9. The minimum atomic E-state index is 0.741. The molecular formula is C36H28N2. The van der Waals surface area contributed by atoms with E-state index in [9.17, 15) is 0 Å². The van der Waals surface area contributed by atoms with Gasteiger partial charge in [-0.05, 0) is 104 Å². The number of para-hydroxylation sites is 2. The molecule has 1 aliphatic carbocycles. The summed E-state index contributed by atoms with van der Waals surface area (Å²) in [5.74, 6) is 0. The number of nitrogens with one attached hydrogen (secondary N) is 1. The molecule has 0 bridgehead atoms. The normalized spacial score (nSPS) is 11.5. The lowest BCUT2D eigenvalue weighted by atomic mass is 9.88. The van der Waals surface area contributed by atoms with Crippen molar-refractivity contribution < 1.29 is 0 Å². The Labute approximate surface area is 223 Å². The van der Waals surface area contributed by atoms with Gasteiger partial charge in [0.05, 0.1) is 11.4 Å². The van der Waals surface area contributed by atoms with E-state index < -0.39 is 0 Å². The summed E-state index contributed by atoms with van der Waals surface area (Å²) in [6.45, 7) is 2.28. The number of anilines is 3. The van der Waals surface area contributed by atoms with Gasteiger partial charge in [0.25, 0.3) is 0 Å². The van der Waals surface area contributed by atoms with Crippen LogP contribution in [0.15, 0.2) is 121 Å². The average molecular weight is 489 g/mol. The molecule has 0 amide bonds. The molecule has 3 N–H and O–H groups in total. The van der Waals surface area contributed by atoms with Crippen molar-refractivity contribution in [3.8, 4) is 44.5 Å². The first-order chi connectivity index (χ1) is 18.7. The van der Waals surface area contributed by atoms with Gasteiger partial charge in [0.1, 0.15) is 0 Å². The first-order valence-corrected chi connectivity index (χ1v) is 13.2. The molecule has 2 nitrogen and oxygen atoms in total. The molecule has 0 saturated carbocycles. The minimum Gasteiger partial charge on any atom is -0.397 e. The topological polar surface area (TPSA) is 38.0 Å². The molecule has 0 radical (unpaired) electrons. The standard InChI is InChI=1S/C36H28N2/c1-2-28-31(24-9-4-3-5-10-24)22-26-11-8-12-29-32-21-25(17-20-30(32)36(28)35(26)29)23-15-18-27(19-16-23)38-34-14-7-6-13-33(34)37/h3-22,38H,2,37H2,1H3. The second-order valence-electron chi connectivity index (χ2n) is 9.95. The van der Waals surface area contributed by atoms with Crippen molar-refractivity contribution in [3.05, 3.63) is 127 Å². The summed E-state index contributed by atoms with van der Waals surface area (Å²) in [5, 5.41) is 6.12. The van der Waals surface area contributed by atoms with Crippen molar-refractivity contribution in [2.45, 2.75) is 13.3 Å². The molecule has 0 atom stereocenters. The van der Waals surface area contributed by atoms with Crippen molar-refractivity contribution in [2.75, 3.05) is 11.1 Å². The van der Waals surface area contributed by atoms with Crippen molar-refractivity contribution in [1.29, 1.82) is 0 Å². The predicted molar refractivity (Wildman–Crippen MR) is 163 cm³/mol. The van der Waals surface area contributed by atoms with Gasteiger partial charge in [0.2, 0.25) is 0 Å². The van der Waals surface area contributed by atoms with Gasteiger partial charge in [-0.2, -0.15) is 0 Å². The third kappa shape index (κ3) is 3.57. The molecule has 6 aromatic rings. The number of benzene rings is 6. The second kappa shape index (κ2) is 8.93. The summed E-state index contributed by atoms with van der Waals surface area (Å²) in [4.78, 5) is 0. The van der Waals surface area contributed by atoms with E-state index in [4.69, 9.17) is 5.73 Å². The van der Waals surface area contributed by atoms with E-state index in [1.54, 1.807) is 0 Å². The molecular weight excluding hydrogens is 460 g/mol. The zero-order valence-electron chi connectivity index (χ0n) is 21.3. The number of nitrogens with two attached hydrogens (primary N) is 1. The summed E-state index contributed by atoms with van der Waals surface area (Å²) in [5.41, 5.74) is 20.7. The van der Waals surface area contributed by atoms with E-state index in [0.717, 1.165) is 23.5 Å². The number of rotatable bonds is 5. The van der Waals surface area contributed by atoms with Gasteiger partial charge in [-0.3, -0.25) is 0 Å². The Bertz CT molecular complexity index is 1820. The van der Waals surface area contributed by atoms with Crippen LogP contribution < -0.4 is 11.1 Å². The van der Waals surface area contributed by atoms with Crippen LogP contribution in [0, 0.1) is 0 Å². The Morgan fingerprint density at radius 3 is 2.13 bits per heavy atom. The van der Waals surface area contributed by atoms with Crippen LogP contribution in [-0.4, -0.2) is 0 Å². The van der Waals surface area contributed by atoms with E-state index in [1.165, 1.54) is 60.8 Å². The second-order valence-corrected chi connectivity index (χ2v) is 9.95. The van der Waals surface area contributed by atoms with E-state index in [-0.39, 0.29) is 0 Å². The van der Waals surface area contributed by atoms with Gasteiger partial charge in [0.15, 0.2) is 0 Å².